The number of amidine groups is 1. The SMILES string of the molecule is Br.CCOc1cc2c(cc1C(=O)NC)C(=N)N(CC(=O)c1cc(CN3CCCC3)c(OCC(=O)O)c(C(C)(C)C)c1)C2. The van der Waals surface area contributed by atoms with E-state index < -0.39 is 18.0 Å². The first-order valence-corrected chi connectivity index (χ1v) is 14.1. The summed E-state index contributed by atoms with van der Waals surface area (Å²) >= 11 is 0. The Balaban J connectivity index is 0.00000484. The summed E-state index contributed by atoms with van der Waals surface area (Å²) in [4.78, 5) is 41.6. The average Bonchev–Trinajstić information content (AvgIpc) is 3.53. The van der Waals surface area contributed by atoms with Crippen molar-refractivity contribution >= 4 is 40.5 Å². The van der Waals surface area contributed by atoms with E-state index in [4.69, 9.17) is 14.9 Å². The Labute approximate surface area is 257 Å². The van der Waals surface area contributed by atoms with Gasteiger partial charge in [0.05, 0.1) is 18.7 Å². The highest BCUT2D eigenvalue weighted by Gasteiger charge is 2.31. The lowest BCUT2D eigenvalue weighted by molar-refractivity contribution is -0.139. The first-order chi connectivity index (χ1) is 19.4. The van der Waals surface area contributed by atoms with E-state index in [-0.39, 0.29) is 41.1 Å². The van der Waals surface area contributed by atoms with E-state index in [9.17, 15) is 19.5 Å². The maximum Gasteiger partial charge on any atom is 0.341 e. The minimum Gasteiger partial charge on any atom is -0.493 e. The molecule has 1 saturated heterocycles. The maximum absolute atomic E-state index is 13.8. The number of benzene rings is 2. The zero-order valence-corrected chi connectivity index (χ0v) is 26.7. The van der Waals surface area contributed by atoms with E-state index >= 15 is 0 Å². The first-order valence-electron chi connectivity index (χ1n) is 14.1. The van der Waals surface area contributed by atoms with Crippen molar-refractivity contribution in [3.8, 4) is 11.5 Å². The number of hydrogen-bond acceptors (Lipinski definition) is 7. The third kappa shape index (κ3) is 7.30. The van der Waals surface area contributed by atoms with Gasteiger partial charge in [0.1, 0.15) is 17.3 Å². The summed E-state index contributed by atoms with van der Waals surface area (Å²) in [5.41, 5.74) is 3.42. The second-order valence-electron chi connectivity index (χ2n) is 11.6. The van der Waals surface area contributed by atoms with Crippen molar-refractivity contribution in [3.05, 3.63) is 57.6 Å². The summed E-state index contributed by atoms with van der Waals surface area (Å²) in [5.74, 6) is -0.367. The Morgan fingerprint density at radius 3 is 2.36 bits per heavy atom. The predicted molar refractivity (Wildman–Crippen MR) is 166 cm³/mol. The molecular weight excluding hydrogens is 604 g/mol. The number of hydrogen-bond donors (Lipinski definition) is 3. The van der Waals surface area contributed by atoms with Crippen LogP contribution in [0, 0.1) is 5.41 Å². The van der Waals surface area contributed by atoms with Gasteiger partial charge >= 0.3 is 5.97 Å². The number of nitrogens with one attached hydrogen (secondary N) is 2. The highest BCUT2D eigenvalue weighted by atomic mass is 79.9. The number of rotatable bonds is 11. The molecule has 3 N–H and O–H groups in total. The van der Waals surface area contributed by atoms with Gasteiger partial charge < -0.3 is 24.8 Å². The third-order valence-corrected chi connectivity index (χ3v) is 7.47. The number of aliphatic carboxylic acids is 1. The third-order valence-electron chi connectivity index (χ3n) is 7.47. The molecule has 1 fully saturated rings. The number of amides is 1. The summed E-state index contributed by atoms with van der Waals surface area (Å²) in [7, 11) is 1.55. The van der Waals surface area contributed by atoms with Crippen molar-refractivity contribution in [1.82, 2.24) is 15.1 Å². The quantitative estimate of drug-likeness (QED) is 0.307. The number of carboxylic acids is 1. The van der Waals surface area contributed by atoms with Crippen molar-refractivity contribution in [1.29, 1.82) is 5.41 Å². The number of halogens is 1. The van der Waals surface area contributed by atoms with Gasteiger partial charge in [0, 0.05) is 42.4 Å². The summed E-state index contributed by atoms with van der Waals surface area (Å²) < 4.78 is 11.5. The molecule has 0 radical (unpaired) electrons. The smallest absolute Gasteiger partial charge is 0.341 e. The molecule has 0 aliphatic carbocycles. The molecule has 10 nitrogen and oxygen atoms in total. The average molecular weight is 646 g/mol. The van der Waals surface area contributed by atoms with Gasteiger partial charge in [0.15, 0.2) is 12.4 Å². The highest BCUT2D eigenvalue weighted by Crippen LogP contribution is 2.37. The second-order valence-corrected chi connectivity index (χ2v) is 11.6. The van der Waals surface area contributed by atoms with E-state index in [1.165, 1.54) is 0 Å². The molecular formula is C31H41BrN4O6. The second kappa shape index (κ2) is 13.7. The molecule has 228 valence electrons. The first kappa shape index (κ1) is 33.1. The molecule has 2 aliphatic rings. The van der Waals surface area contributed by atoms with Gasteiger partial charge in [0.2, 0.25) is 0 Å². The standard InChI is InChI=1S/C31H40N4O6.BrH/c1-6-40-26-13-20-16-35(29(32)22(20)14-23(26)30(39)33-5)17-25(36)19-11-21(15-34-9-7-8-10-34)28(41-18-27(37)38)24(12-19)31(2,3)4;/h11-14,32H,6-10,15-18H2,1-5H3,(H,33,39)(H,37,38);1H. The lowest BCUT2D eigenvalue weighted by Gasteiger charge is -2.27. The minimum absolute atomic E-state index is 0. The predicted octanol–water partition coefficient (Wildman–Crippen LogP) is 4.40. The number of carbonyl (C=O) groups excluding carboxylic acids is 2. The van der Waals surface area contributed by atoms with Crippen molar-refractivity contribution in [2.24, 2.45) is 0 Å². The van der Waals surface area contributed by atoms with Crippen LogP contribution in [-0.2, 0) is 23.3 Å². The Hall–Kier alpha value is -3.44. The van der Waals surface area contributed by atoms with Crippen LogP contribution in [0.2, 0.25) is 0 Å². The number of ketones is 1. The molecule has 2 aromatic carbocycles. The van der Waals surface area contributed by atoms with E-state index in [1.54, 1.807) is 30.1 Å². The van der Waals surface area contributed by atoms with Crippen molar-refractivity contribution < 1.29 is 29.0 Å². The Morgan fingerprint density at radius 2 is 1.76 bits per heavy atom. The molecule has 42 heavy (non-hydrogen) atoms. The van der Waals surface area contributed by atoms with Crippen molar-refractivity contribution in [2.45, 2.75) is 59.0 Å². The topological polar surface area (TPSA) is 132 Å². The van der Waals surface area contributed by atoms with E-state index in [2.05, 4.69) is 10.2 Å². The molecule has 0 bridgehead atoms. The van der Waals surface area contributed by atoms with Gasteiger partial charge in [-0.05, 0) is 68.1 Å². The zero-order chi connectivity index (χ0) is 29.9. The number of fused-ring (bicyclic) bond motifs is 1. The molecule has 0 saturated carbocycles. The fraction of sp³-hybridized carbons (Fsp3) is 0.484. The summed E-state index contributed by atoms with van der Waals surface area (Å²) in [6.45, 7) is 10.6. The van der Waals surface area contributed by atoms with Crippen LogP contribution in [0.15, 0.2) is 24.3 Å². The van der Waals surface area contributed by atoms with Crippen LogP contribution in [0.3, 0.4) is 0 Å². The van der Waals surface area contributed by atoms with Crippen molar-refractivity contribution in [3.63, 3.8) is 0 Å². The van der Waals surface area contributed by atoms with Gasteiger partial charge in [-0.25, -0.2) is 4.79 Å². The number of likely N-dealkylation sites (tertiary alicyclic amines) is 1. The van der Waals surface area contributed by atoms with E-state index in [0.29, 0.717) is 47.9 Å². The Morgan fingerprint density at radius 1 is 1.07 bits per heavy atom. The molecule has 1 amide bonds. The Kier molecular flexibility index (Phi) is 10.8. The molecule has 11 heteroatoms. The van der Waals surface area contributed by atoms with Crippen LogP contribution in [0.1, 0.15) is 83.5 Å². The fourth-order valence-electron chi connectivity index (χ4n) is 5.43. The Bertz CT molecular complexity index is 1360. The molecule has 0 unspecified atom stereocenters. The van der Waals surface area contributed by atoms with Crippen LogP contribution >= 0.6 is 17.0 Å². The van der Waals surface area contributed by atoms with Crippen LogP contribution in [0.5, 0.6) is 11.5 Å². The van der Waals surface area contributed by atoms with E-state index in [0.717, 1.165) is 42.6 Å². The number of Topliss-reactive ketones (excluding diaryl/α,β-unsaturated/α-hetero) is 1. The molecule has 2 aliphatic heterocycles. The molecule has 0 spiro atoms. The molecule has 4 rings (SSSR count). The molecule has 0 atom stereocenters. The normalized spacial score (nSPS) is 14.8. The van der Waals surface area contributed by atoms with Gasteiger partial charge in [0.25, 0.3) is 5.91 Å². The maximum atomic E-state index is 13.8. The van der Waals surface area contributed by atoms with Crippen LogP contribution in [0.4, 0.5) is 0 Å². The minimum atomic E-state index is -1.06. The van der Waals surface area contributed by atoms with Crippen LogP contribution in [0.25, 0.3) is 0 Å². The van der Waals surface area contributed by atoms with Crippen molar-refractivity contribution in [2.75, 3.05) is 39.9 Å². The number of carbonyl (C=O) groups is 3. The lowest BCUT2D eigenvalue weighted by Crippen LogP contribution is -2.31. The van der Waals surface area contributed by atoms with Gasteiger partial charge in [-0.3, -0.25) is 19.9 Å². The number of ether oxygens (including phenoxy) is 2. The summed E-state index contributed by atoms with van der Waals surface area (Å²) in [5, 5.41) is 20.7. The summed E-state index contributed by atoms with van der Waals surface area (Å²) in [6, 6.07) is 7.06. The summed E-state index contributed by atoms with van der Waals surface area (Å²) in [6.07, 6.45) is 2.20. The van der Waals surface area contributed by atoms with E-state index in [1.807, 2.05) is 33.8 Å². The van der Waals surface area contributed by atoms with Crippen LogP contribution < -0.4 is 14.8 Å². The molecule has 2 aromatic rings. The fourth-order valence-corrected chi connectivity index (χ4v) is 5.43. The monoisotopic (exact) mass is 644 g/mol. The molecule has 0 aromatic heterocycles. The van der Waals surface area contributed by atoms with Gasteiger partial charge in [-0.15, -0.1) is 17.0 Å². The van der Waals surface area contributed by atoms with Crippen LogP contribution in [-0.4, -0.2) is 78.3 Å². The highest BCUT2D eigenvalue weighted by molar-refractivity contribution is 8.93. The lowest BCUT2D eigenvalue weighted by atomic mass is 9.83. The molecule has 2 heterocycles. The largest absolute Gasteiger partial charge is 0.493 e. The number of carboxylic acid groups (broad SMARTS) is 1. The zero-order valence-electron chi connectivity index (χ0n) is 25.0. The van der Waals surface area contributed by atoms with Gasteiger partial charge in [-0.2, -0.15) is 0 Å². The van der Waals surface area contributed by atoms with Gasteiger partial charge in [-0.1, -0.05) is 20.8 Å². The number of nitrogens with zero attached hydrogens (tertiary/aromatic N) is 2.